The number of fused-ring (bicyclic) bond motifs is 1. The van der Waals surface area contributed by atoms with Crippen molar-refractivity contribution in [3.63, 3.8) is 0 Å². The van der Waals surface area contributed by atoms with Crippen molar-refractivity contribution in [3.05, 3.63) is 48.2 Å². The molecule has 8 heteroatoms. The Kier molecular flexibility index (Phi) is 4.97. The third kappa shape index (κ3) is 3.82. The van der Waals surface area contributed by atoms with E-state index >= 15 is 0 Å². The molecule has 1 aliphatic rings. The predicted octanol–water partition coefficient (Wildman–Crippen LogP) is 4.78. The molecule has 3 aromatic rings. The minimum Gasteiger partial charge on any atom is -0.381 e. The van der Waals surface area contributed by atoms with Crippen LogP contribution in [0.15, 0.2) is 42.6 Å². The number of ether oxygens (including phenoxy) is 1. The largest absolute Gasteiger partial charge is 0.416 e. The van der Waals surface area contributed by atoms with Crippen LogP contribution in [0.3, 0.4) is 0 Å². The highest BCUT2D eigenvalue weighted by Crippen LogP contribution is 2.32. The lowest BCUT2D eigenvalue weighted by Gasteiger charge is -2.28. The molecule has 1 aromatic carbocycles. The SMILES string of the molecule is CO[C@H]1CC[C@H](Nc2ccc3ncc(-c4cccc(C(F)(F)F)c4)n3n2)CC1. The maximum Gasteiger partial charge on any atom is 0.416 e. The molecule has 1 aliphatic carbocycles. The van der Waals surface area contributed by atoms with Gasteiger partial charge in [-0.2, -0.15) is 13.2 Å². The molecule has 4 rings (SSSR count). The first-order valence-electron chi connectivity index (χ1n) is 9.26. The van der Waals surface area contributed by atoms with Crippen molar-refractivity contribution in [2.24, 2.45) is 0 Å². The van der Waals surface area contributed by atoms with E-state index in [1.165, 1.54) is 6.07 Å². The summed E-state index contributed by atoms with van der Waals surface area (Å²) in [5.74, 6) is 0.680. The standard InChI is InChI=1S/C20H21F3N4O/c1-28-16-7-5-15(6-8-16)25-18-9-10-19-24-12-17(27(19)26-18)13-3-2-4-14(11-13)20(21,22)23/h2-4,9-12,15-16H,5-8H2,1H3,(H,25,26)/t15-,16-. The number of nitrogens with zero attached hydrogens (tertiary/aromatic N) is 3. The van der Waals surface area contributed by atoms with Gasteiger partial charge in [0.25, 0.3) is 0 Å². The van der Waals surface area contributed by atoms with Gasteiger partial charge in [-0.1, -0.05) is 12.1 Å². The summed E-state index contributed by atoms with van der Waals surface area (Å²) in [7, 11) is 1.74. The van der Waals surface area contributed by atoms with Gasteiger partial charge in [-0.15, -0.1) is 5.10 Å². The highest BCUT2D eigenvalue weighted by atomic mass is 19.4. The van der Waals surface area contributed by atoms with Gasteiger partial charge < -0.3 is 10.1 Å². The number of aromatic nitrogens is 3. The number of hydrogen-bond donors (Lipinski definition) is 1. The zero-order valence-electron chi connectivity index (χ0n) is 15.4. The summed E-state index contributed by atoms with van der Waals surface area (Å²) in [6.07, 6.45) is 1.44. The first-order chi connectivity index (χ1) is 13.4. The van der Waals surface area contributed by atoms with E-state index in [1.54, 1.807) is 23.9 Å². The van der Waals surface area contributed by atoms with Gasteiger partial charge in [0.2, 0.25) is 0 Å². The molecular formula is C20H21F3N4O. The van der Waals surface area contributed by atoms with Crippen LogP contribution in [0.1, 0.15) is 31.2 Å². The highest BCUT2D eigenvalue weighted by Gasteiger charge is 2.30. The second-order valence-electron chi connectivity index (χ2n) is 7.06. The number of hydrogen-bond acceptors (Lipinski definition) is 4. The number of methoxy groups -OCH3 is 1. The van der Waals surface area contributed by atoms with Crippen LogP contribution in [-0.4, -0.2) is 33.9 Å². The van der Waals surface area contributed by atoms with Crippen LogP contribution in [0.25, 0.3) is 16.9 Å². The molecule has 0 aliphatic heterocycles. The second kappa shape index (κ2) is 7.43. The Hall–Kier alpha value is -2.61. The molecule has 0 unspecified atom stereocenters. The Labute approximate surface area is 160 Å². The highest BCUT2D eigenvalue weighted by molar-refractivity contribution is 5.64. The minimum absolute atomic E-state index is 0.303. The summed E-state index contributed by atoms with van der Waals surface area (Å²) in [6.45, 7) is 0. The molecule has 5 nitrogen and oxygen atoms in total. The Morgan fingerprint density at radius 3 is 2.61 bits per heavy atom. The fourth-order valence-corrected chi connectivity index (χ4v) is 3.65. The molecule has 0 spiro atoms. The van der Waals surface area contributed by atoms with Crippen molar-refractivity contribution in [1.82, 2.24) is 14.6 Å². The van der Waals surface area contributed by atoms with E-state index in [2.05, 4.69) is 15.4 Å². The van der Waals surface area contributed by atoms with Gasteiger partial charge >= 0.3 is 6.18 Å². The van der Waals surface area contributed by atoms with Gasteiger partial charge in [0.1, 0.15) is 5.82 Å². The molecule has 1 saturated carbocycles. The van der Waals surface area contributed by atoms with Gasteiger partial charge in [-0.25, -0.2) is 9.50 Å². The molecule has 28 heavy (non-hydrogen) atoms. The van der Waals surface area contributed by atoms with Crippen molar-refractivity contribution in [3.8, 4) is 11.3 Å². The molecule has 0 radical (unpaired) electrons. The normalized spacial score (nSPS) is 20.4. The van der Waals surface area contributed by atoms with E-state index in [-0.39, 0.29) is 0 Å². The van der Waals surface area contributed by atoms with E-state index in [1.807, 2.05) is 12.1 Å². The van der Waals surface area contributed by atoms with E-state index in [4.69, 9.17) is 4.74 Å². The summed E-state index contributed by atoms with van der Waals surface area (Å²) in [5.41, 5.74) is 0.839. The quantitative estimate of drug-likeness (QED) is 0.696. The molecule has 2 heterocycles. The Morgan fingerprint density at radius 2 is 1.89 bits per heavy atom. The van der Waals surface area contributed by atoms with Crippen molar-refractivity contribution in [2.45, 2.75) is 44.0 Å². The molecule has 0 saturated heterocycles. The summed E-state index contributed by atoms with van der Waals surface area (Å²) in [4.78, 5) is 4.27. The van der Waals surface area contributed by atoms with Crippen molar-refractivity contribution in [2.75, 3.05) is 12.4 Å². The van der Waals surface area contributed by atoms with Gasteiger partial charge in [0, 0.05) is 18.7 Å². The van der Waals surface area contributed by atoms with Gasteiger partial charge in [0.15, 0.2) is 5.65 Å². The number of alkyl halides is 3. The van der Waals surface area contributed by atoms with Crippen LogP contribution in [-0.2, 0) is 10.9 Å². The Balaban J connectivity index is 1.60. The third-order valence-electron chi connectivity index (χ3n) is 5.21. The zero-order valence-corrected chi connectivity index (χ0v) is 15.4. The van der Waals surface area contributed by atoms with Gasteiger partial charge in [-0.3, -0.25) is 0 Å². The molecule has 2 aromatic heterocycles. The first-order valence-corrected chi connectivity index (χ1v) is 9.26. The lowest BCUT2D eigenvalue weighted by molar-refractivity contribution is -0.137. The van der Waals surface area contributed by atoms with E-state index in [0.717, 1.165) is 37.8 Å². The molecule has 0 amide bonds. The van der Waals surface area contributed by atoms with Crippen LogP contribution < -0.4 is 5.32 Å². The number of nitrogens with one attached hydrogen (secondary N) is 1. The average molecular weight is 390 g/mol. The van der Waals surface area contributed by atoms with Crippen molar-refractivity contribution in [1.29, 1.82) is 0 Å². The Morgan fingerprint density at radius 1 is 1.11 bits per heavy atom. The van der Waals surface area contributed by atoms with Crippen LogP contribution in [0.4, 0.5) is 19.0 Å². The molecule has 1 N–H and O–H groups in total. The van der Waals surface area contributed by atoms with Crippen molar-refractivity contribution >= 4 is 11.5 Å². The van der Waals surface area contributed by atoms with E-state index in [9.17, 15) is 13.2 Å². The Bertz CT molecular complexity index is 961. The number of imidazole rings is 1. The molecule has 1 fully saturated rings. The average Bonchev–Trinajstić information content (AvgIpc) is 3.11. The monoisotopic (exact) mass is 390 g/mol. The lowest BCUT2D eigenvalue weighted by Crippen LogP contribution is -2.29. The van der Waals surface area contributed by atoms with Gasteiger partial charge in [-0.05, 0) is 49.9 Å². The molecular weight excluding hydrogens is 369 g/mol. The smallest absolute Gasteiger partial charge is 0.381 e. The first kappa shape index (κ1) is 18.7. The summed E-state index contributed by atoms with van der Waals surface area (Å²) in [5, 5.41) is 7.99. The fraction of sp³-hybridized carbons (Fsp3) is 0.400. The number of halogens is 3. The third-order valence-corrected chi connectivity index (χ3v) is 5.21. The van der Waals surface area contributed by atoms with E-state index in [0.29, 0.717) is 34.9 Å². The van der Waals surface area contributed by atoms with Gasteiger partial charge in [0.05, 0.1) is 23.6 Å². The number of benzene rings is 1. The summed E-state index contributed by atoms with van der Waals surface area (Å²) < 4.78 is 46.1. The maximum absolute atomic E-state index is 13.0. The van der Waals surface area contributed by atoms with Crippen LogP contribution in [0, 0.1) is 0 Å². The predicted molar refractivity (Wildman–Crippen MR) is 100 cm³/mol. The fourth-order valence-electron chi connectivity index (χ4n) is 3.65. The topological polar surface area (TPSA) is 51.5 Å². The van der Waals surface area contributed by atoms with Crippen LogP contribution >= 0.6 is 0 Å². The molecule has 148 valence electrons. The summed E-state index contributed by atoms with van der Waals surface area (Å²) >= 11 is 0. The minimum atomic E-state index is -4.39. The van der Waals surface area contributed by atoms with E-state index < -0.39 is 11.7 Å². The van der Waals surface area contributed by atoms with Crippen LogP contribution in [0.2, 0.25) is 0 Å². The zero-order chi connectivity index (χ0) is 19.7. The molecule has 0 atom stereocenters. The van der Waals surface area contributed by atoms with Crippen molar-refractivity contribution < 1.29 is 17.9 Å². The number of rotatable bonds is 4. The lowest BCUT2D eigenvalue weighted by atomic mass is 9.93. The molecule has 0 bridgehead atoms. The number of anilines is 1. The second-order valence-corrected chi connectivity index (χ2v) is 7.06. The van der Waals surface area contributed by atoms with Crippen LogP contribution in [0.5, 0.6) is 0 Å². The maximum atomic E-state index is 13.0. The summed E-state index contributed by atoms with van der Waals surface area (Å²) in [6, 6.07) is 9.17.